The summed E-state index contributed by atoms with van der Waals surface area (Å²) in [5.41, 5.74) is 0.785. The Balaban J connectivity index is 1.89. The quantitative estimate of drug-likeness (QED) is 0.225. The van der Waals surface area contributed by atoms with Crippen molar-refractivity contribution in [1.29, 1.82) is 0 Å². The van der Waals surface area contributed by atoms with E-state index >= 15 is 0 Å². The third kappa shape index (κ3) is 4.12. The Labute approximate surface area is 183 Å². The van der Waals surface area contributed by atoms with Gasteiger partial charge in [0.15, 0.2) is 0 Å². The summed E-state index contributed by atoms with van der Waals surface area (Å²) in [6, 6.07) is 39.8. The van der Waals surface area contributed by atoms with Crippen molar-refractivity contribution in [3.05, 3.63) is 121 Å². The summed E-state index contributed by atoms with van der Waals surface area (Å²) in [6.45, 7) is 0. The number of carbonyl (C=O) groups excluding carboxylic acids is 1. The molecular weight excluding hydrogens is 403 g/mol. The Hall–Kier alpha value is -2.67. The van der Waals surface area contributed by atoms with Gasteiger partial charge in [0, 0.05) is 0 Å². The number of ketones is 1. The van der Waals surface area contributed by atoms with Crippen LogP contribution in [-0.4, -0.2) is 18.2 Å². The van der Waals surface area contributed by atoms with Crippen LogP contribution in [0.2, 0.25) is 0 Å². The maximum atomic E-state index is 13.6. The minimum atomic E-state index is -2.55. The molecule has 0 aromatic heterocycles. The molecule has 3 heteroatoms. The summed E-state index contributed by atoms with van der Waals surface area (Å²) < 4.78 is 0. The molecule has 0 amide bonds. The molecule has 0 unspecified atom stereocenters. The van der Waals surface area contributed by atoms with Gasteiger partial charge in [-0.15, -0.1) is 0 Å². The van der Waals surface area contributed by atoms with Gasteiger partial charge in [0.25, 0.3) is 0 Å². The molecule has 0 heterocycles. The van der Waals surface area contributed by atoms with Crippen LogP contribution in [0.25, 0.3) is 0 Å². The Morgan fingerprint density at radius 3 is 1.40 bits per heavy atom. The zero-order chi connectivity index (χ0) is 20.8. The number of benzene rings is 4. The Morgan fingerprint density at radius 1 is 0.633 bits per heavy atom. The fraction of sp³-hybridized carbons (Fsp3) is 0.0741. The molecule has 0 fully saturated rings. The van der Waals surface area contributed by atoms with Gasteiger partial charge in [-0.2, -0.15) is 0 Å². The molecule has 4 rings (SSSR count). The third-order valence-corrected chi connectivity index (χ3v) is 11.2. The van der Waals surface area contributed by atoms with Crippen molar-refractivity contribution in [2.45, 2.75) is 4.90 Å². The molecule has 0 aliphatic heterocycles. The SMILES string of the molecule is CSc1ccc(C(=O)C[PH](c2ccccc2)(c2ccccc2)c2ccccc2)cc1. The van der Waals surface area contributed by atoms with Gasteiger partial charge >= 0.3 is 184 Å². The van der Waals surface area contributed by atoms with E-state index in [-0.39, 0.29) is 5.78 Å². The van der Waals surface area contributed by atoms with Crippen LogP contribution in [0.15, 0.2) is 120 Å². The van der Waals surface area contributed by atoms with E-state index in [0.29, 0.717) is 6.16 Å². The van der Waals surface area contributed by atoms with Gasteiger partial charge in [-0.25, -0.2) is 0 Å². The summed E-state index contributed by atoms with van der Waals surface area (Å²) in [6.07, 6.45) is 2.55. The maximum absolute atomic E-state index is 13.6. The van der Waals surface area contributed by atoms with Crippen LogP contribution >= 0.6 is 19.0 Å². The van der Waals surface area contributed by atoms with Crippen LogP contribution in [0, 0.1) is 0 Å². The molecule has 0 N–H and O–H groups in total. The molecule has 0 aliphatic carbocycles. The molecule has 4 aromatic carbocycles. The predicted octanol–water partition coefficient (Wildman–Crippen LogP) is 5.32. The van der Waals surface area contributed by atoms with Gasteiger partial charge < -0.3 is 0 Å². The summed E-state index contributed by atoms with van der Waals surface area (Å²) in [4.78, 5) is 14.8. The van der Waals surface area contributed by atoms with Gasteiger partial charge in [0.1, 0.15) is 0 Å². The molecule has 150 valence electrons. The monoisotopic (exact) mass is 428 g/mol. The van der Waals surface area contributed by atoms with E-state index in [0.717, 1.165) is 5.56 Å². The first-order valence-electron chi connectivity index (χ1n) is 10.1. The topological polar surface area (TPSA) is 17.1 Å². The van der Waals surface area contributed by atoms with Gasteiger partial charge in [-0.1, -0.05) is 0 Å². The first kappa shape index (κ1) is 20.6. The number of carbonyl (C=O) groups is 1. The van der Waals surface area contributed by atoms with E-state index < -0.39 is 7.26 Å². The number of rotatable bonds is 7. The van der Waals surface area contributed by atoms with Crippen molar-refractivity contribution in [3.63, 3.8) is 0 Å². The van der Waals surface area contributed by atoms with Gasteiger partial charge in [-0.05, 0) is 0 Å². The van der Waals surface area contributed by atoms with E-state index in [1.165, 1.54) is 20.8 Å². The molecule has 0 spiro atoms. The van der Waals surface area contributed by atoms with Crippen molar-refractivity contribution in [2.75, 3.05) is 12.4 Å². The molecule has 0 bridgehead atoms. The van der Waals surface area contributed by atoms with Gasteiger partial charge in [-0.3, -0.25) is 0 Å². The molecule has 1 nitrogen and oxygen atoms in total. The normalized spacial score (nSPS) is 11.8. The second-order valence-electron chi connectivity index (χ2n) is 7.33. The Kier molecular flexibility index (Phi) is 6.47. The average Bonchev–Trinajstić information content (AvgIpc) is 2.84. The van der Waals surface area contributed by atoms with Crippen molar-refractivity contribution >= 4 is 40.7 Å². The van der Waals surface area contributed by atoms with Crippen LogP contribution in [-0.2, 0) is 0 Å². The van der Waals surface area contributed by atoms with Crippen LogP contribution in [0.1, 0.15) is 10.4 Å². The van der Waals surface area contributed by atoms with Crippen LogP contribution in [0.4, 0.5) is 0 Å². The van der Waals surface area contributed by atoms with Gasteiger partial charge in [0.05, 0.1) is 0 Å². The van der Waals surface area contributed by atoms with Crippen molar-refractivity contribution in [2.24, 2.45) is 0 Å². The Bertz CT molecular complexity index is 997. The molecule has 30 heavy (non-hydrogen) atoms. The van der Waals surface area contributed by atoms with E-state index in [1.54, 1.807) is 11.8 Å². The first-order valence-corrected chi connectivity index (χ1v) is 13.5. The summed E-state index contributed by atoms with van der Waals surface area (Å²) in [7, 11) is -2.55. The second-order valence-corrected chi connectivity index (χ2v) is 12.1. The fourth-order valence-electron chi connectivity index (χ4n) is 4.09. The third-order valence-electron chi connectivity index (χ3n) is 5.64. The minimum absolute atomic E-state index is 0.200. The number of hydrogen-bond donors (Lipinski definition) is 0. The molecule has 0 aliphatic rings. The summed E-state index contributed by atoms with van der Waals surface area (Å²) >= 11 is 1.69. The van der Waals surface area contributed by atoms with E-state index in [4.69, 9.17) is 0 Å². The summed E-state index contributed by atoms with van der Waals surface area (Å²) in [5, 5.41) is 3.78. The summed E-state index contributed by atoms with van der Waals surface area (Å²) in [5.74, 6) is 0.200. The van der Waals surface area contributed by atoms with Crippen molar-refractivity contribution in [1.82, 2.24) is 0 Å². The predicted molar refractivity (Wildman–Crippen MR) is 134 cm³/mol. The van der Waals surface area contributed by atoms with Crippen LogP contribution < -0.4 is 15.9 Å². The molecular formula is C27H25OPS. The molecule has 0 saturated heterocycles. The molecule has 0 saturated carbocycles. The van der Waals surface area contributed by atoms with Gasteiger partial charge in [0.2, 0.25) is 0 Å². The molecule has 0 radical (unpaired) electrons. The molecule has 0 atom stereocenters. The number of Topliss-reactive ketones (excluding diaryl/α,β-unsaturated/α-hetero) is 1. The zero-order valence-corrected chi connectivity index (χ0v) is 18.8. The number of thioether (sulfide) groups is 1. The second kappa shape index (κ2) is 9.43. The van der Waals surface area contributed by atoms with E-state index in [9.17, 15) is 4.79 Å². The van der Waals surface area contributed by atoms with Crippen LogP contribution in [0.3, 0.4) is 0 Å². The molecule has 4 aromatic rings. The number of hydrogen-bond acceptors (Lipinski definition) is 2. The van der Waals surface area contributed by atoms with Crippen molar-refractivity contribution < 1.29 is 4.79 Å². The van der Waals surface area contributed by atoms with E-state index in [1.807, 2.05) is 42.5 Å². The standard InChI is InChI=1S/C27H25OPS/c1-30-26-19-17-22(18-20-26)27(28)21-29(23-11-5-2-6-12-23,24-13-7-3-8-14-24)25-15-9-4-10-16-25/h2-20,29H,21H2,1H3. The fourth-order valence-corrected chi connectivity index (χ4v) is 9.08. The average molecular weight is 429 g/mol. The van der Waals surface area contributed by atoms with Crippen LogP contribution in [0.5, 0.6) is 0 Å². The van der Waals surface area contributed by atoms with Crippen molar-refractivity contribution in [3.8, 4) is 0 Å². The Morgan fingerprint density at radius 2 is 1.03 bits per heavy atom. The van der Waals surface area contributed by atoms with E-state index in [2.05, 4.69) is 79.1 Å². The first-order chi connectivity index (χ1) is 14.7. The zero-order valence-electron chi connectivity index (χ0n) is 17.0.